The number of hydrogen-bond donors (Lipinski definition) is 0. The van der Waals surface area contributed by atoms with Crippen LogP contribution in [0.2, 0.25) is 0 Å². The summed E-state index contributed by atoms with van der Waals surface area (Å²) in [6, 6.07) is 0. The highest BCUT2D eigenvalue weighted by atomic mass is 35.5. The lowest BCUT2D eigenvalue weighted by molar-refractivity contribution is 0.357. The predicted octanol–water partition coefficient (Wildman–Crippen LogP) is 1.97. The van der Waals surface area contributed by atoms with E-state index in [0.717, 1.165) is 0 Å². The van der Waals surface area contributed by atoms with E-state index >= 15 is 0 Å². The SMILES string of the molecule is CC(F)C(C)Cl. The molecule has 0 aromatic heterocycles. The average molecular weight is 111 g/mol. The molecule has 0 aliphatic rings. The number of rotatable bonds is 1. The van der Waals surface area contributed by atoms with Crippen molar-refractivity contribution in [2.75, 3.05) is 0 Å². The number of hydrogen-bond acceptors (Lipinski definition) is 0. The summed E-state index contributed by atoms with van der Waals surface area (Å²) in [4.78, 5) is 0. The lowest BCUT2D eigenvalue weighted by atomic mass is 10.3. The molecule has 0 radical (unpaired) electrons. The maximum atomic E-state index is 11.7. The van der Waals surface area contributed by atoms with Gasteiger partial charge in [0.1, 0.15) is 6.17 Å². The van der Waals surface area contributed by atoms with E-state index in [2.05, 4.69) is 0 Å². The van der Waals surface area contributed by atoms with E-state index in [0.29, 0.717) is 0 Å². The minimum absolute atomic E-state index is 0.343. The zero-order valence-corrected chi connectivity index (χ0v) is 4.67. The molecule has 2 atom stereocenters. The highest BCUT2D eigenvalue weighted by molar-refractivity contribution is 6.20. The largest absolute Gasteiger partial charge is 0.246 e. The molecule has 6 heavy (non-hydrogen) atoms. The van der Waals surface area contributed by atoms with Crippen molar-refractivity contribution in [2.45, 2.75) is 25.4 Å². The fourth-order valence-corrected chi connectivity index (χ4v) is 0. The molecule has 0 aliphatic heterocycles. The lowest BCUT2D eigenvalue weighted by Gasteiger charge is -1.98. The third-order valence-electron chi connectivity index (χ3n) is 0.633. The predicted molar refractivity (Wildman–Crippen MR) is 25.9 cm³/mol. The molecule has 0 saturated heterocycles. The van der Waals surface area contributed by atoms with Crippen molar-refractivity contribution in [3.05, 3.63) is 0 Å². The minimum Gasteiger partial charge on any atom is -0.246 e. The number of alkyl halides is 2. The standard InChI is InChI=1S/C4H8ClF/c1-3(5)4(2)6/h3-4H,1-2H3. The second-order valence-corrected chi connectivity index (χ2v) is 2.04. The van der Waals surface area contributed by atoms with Crippen LogP contribution in [0, 0.1) is 0 Å². The van der Waals surface area contributed by atoms with E-state index < -0.39 is 6.17 Å². The highest BCUT2D eigenvalue weighted by Crippen LogP contribution is 2.02. The fraction of sp³-hybridized carbons (Fsp3) is 1.00. The minimum atomic E-state index is -0.883. The van der Waals surface area contributed by atoms with Gasteiger partial charge in [0.25, 0.3) is 0 Å². The van der Waals surface area contributed by atoms with Gasteiger partial charge in [-0.2, -0.15) is 0 Å². The molecule has 0 rings (SSSR count). The van der Waals surface area contributed by atoms with Gasteiger partial charge in [-0.1, -0.05) is 0 Å². The molecule has 0 heterocycles. The molecule has 0 amide bonds. The Morgan fingerprint density at radius 1 is 1.50 bits per heavy atom. The van der Waals surface area contributed by atoms with Crippen LogP contribution in [0.5, 0.6) is 0 Å². The topological polar surface area (TPSA) is 0 Å². The molecule has 0 aromatic carbocycles. The Balaban J connectivity index is 2.99. The van der Waals surface area contributed by atoms with Crippen LogP contribution >= 0.6 is 11.6 Å². The summed E-state index contributed by atoms with van der Waals surface area (Å²) in [5, 5.41) is -0.343. The fourth-order valence-electron chi connectivity index (χ4n) is 0. The van der Waals surface area contributed by atoms with E-state index in [1.54, 1.807) is 6.92 Å². The van der Waals surface area contributed by atoms with Crippen LogP contribution in [-0.4, -0.2) is 11.5 Å². The molecule has 0 spiro atoms. The molecule has 0 nitrogen and oxygen atoms in total. The third kappa shape index (κ3) is 2.46. The van der Waals surface area contributed by atoms with Gasteiger partial charge in [0.05, 0.1) is 5.38 Å². The first-order valence-corrected chi connectivity index (χ1v) is 2.36. The monoisotopic (exact) mass is 110 g/mol. The van der Waals surface area contributed by atoms with Crippen molar-refractivity contribution in [3.63, 3.8) is 0 Å². The van der Waals surface area contributed by atoms with Crippen LogP contribution in [0.15, 0.2) is 0 Å². The summed E-state index contributed by atoms with van der Waals surface area (Å²) in [5.74, 6) is 0. The molecule has 2 heteroatoms. The van der Waals surface area contributed by atoms with Crippen molar-refractivity contribution < 1.29 is 4.39 Å². The Labute approximate surface area is 42.3 Å². The molecule has 2 unspecified atom stereocenters. The summed E-state index contributed by atoms with van der Waals surface area (Å²) < 4.78 is 11.7. The van der Waals surface area contributed by atoms with Crippen molar-refractivity contribution in [1.29, 1.82) is 0 Å². The van der Waals surface area contributed by atoms with Crippen LogP contribution < -0.4 is 0 Å². The first kappa shape index (κ1) is 6.22. The van der Waals surface area contributed by atoms with Crippen molar-refractivity contribution in [2.24, 2.45) is 0 Å². The van der Waals surface area contributed by atoms with Crippen LogP contribution in [-0.2, 0) is 0 Å². The van der Waals surface area contributed by atoms with Gasteiger partial charge in [-0.3, -0.25) is 0 Å². The van der Waals surface area contributed by atoms with Gasteiger partial charge in [0.15, 0.2) is 0 Å². The Hall–Kier alpha value is 0.220. The maximum absolute atomic E-state index is 11.7. The Morgan fingerprint density at radius 3 is 1.67 bits per heavy atom. The first-order valence-electron chi connectivity index (χ1n) is 1.92. The van der Waals surface area contributed by atoms with Crippen molar-refractivity contribution >= 4 is 11.6 Å². The van der Waals surface area contributed by atoms with Gasteiger partial charge < -0.3 is 0 Å². The van der Waals surface area contributed by atoms with Gasteiger partial charge in [0, 0.05) is 0 Å². The van der Waals surface area contributed by atoms with Gasteiger partial charge in [-0.25, -0.2) is 4.39 Å². The van der Waals surface area contributed by atoms with Crippen molar-refractivity contribution in [1.82, 2.24) is 0 Å². The normalized spacial score (nSPS) is 20.0. The van der Waals surface area contributed by atoms with Gasteiger partial charge in [-0.05, 0) is 13.8 Å². The molecule has 38 valence electrons. The molecule has 0 bridgehead atoms. The van der Waals surface area contributed by atoms with E-state index in [1.807, 2.05) is 0 Å². The molecular weight excluding hydrogens is 102 g/mol. The third-order valence-corrected chi connectivity index (χ3v) is 0.980. The van der Waals surface area contributed by atoms with Gasteiger partial charge >= 0.3 is 0 Å². The molecule has 0 aromatic rings. The smallest absolute Gasteiger partial charge is 0.113 e. The molecule has 0 saturated carbocycles. The Kier molecular flexibility index (Phi) is 2.49. The first-order chi connectivity index (χ1) is 2.64. The summed E-state index contributed by atoms with van der Waals surface area (Å²) in [5.41, 5.74) is 0. The van der Waals surface area contributed by atoms with Crippen LogP contribution in [0.1, 0.15) is 13.8 Å². The van der Waals surface area contributed by atoms with Crippen molar-refractivity contribution in [3.8, 4) is 0 Å². The van der Waals surface area contributed by atoms with E-state index in [-0.39, 0.29) is 5.38 Å². The summed E-state index contributed by atoms with van der Waals surface area (Å²) >= 11 is 5.24. The summed E-state index contributed by atoms with van der Waals surface area (Å²) in [6.45, 7) is 3.07. The quantitative estimate of drug-likeness (QED) is 0.453. The van der Waals surface area contributed by atoms with E-state index in [4.69, 9.17) is 11.6 Å². The molecular formula is C4H8ClF. The molecule has 0 aliphatic carbocycles. The van der Waals surface area contributed by atoms with E-state index in [9.17, 15) is 4.39 Å². The highest BCUT2D eigenvalue weighted by Gasteiger charge is 2.03. The Morgan fingerprint density at radius 2 is 1.67 bits per heavy atom. The van der Waals surface area contributed by atoms with Gasteiger partial charge in [-0.15, -0.1) is 11.6 Å². The lowest BCUT2D eigenvalue weighted by Crippen LogP contribution is -2.05. The summed E-state index contributed by atoms with van der Waals surface area (Å²) in [6.07, 6.45) is -0.883. The van der Waals surface area contributed by atoms with E-state index in [1.165, 1.54) is 6.92 Å². The maximum Gasteiger partial charge on any atom is 0.113 e. The molecule has 0 N–H and O–H groups in total. The average Bonchev–Trinajstić information content (AvgIpc) is 1.36. The van der Waals surface area contributed by atoms with Crippen LogP contribution in [0.3, 0.4) is 0 Å². The zero-order chi connectivity index (χ0) is 5.15. The molecule has 0 fully saturated rings. The second kappa shape index (κ2) is 2.40. The summed E-state index contributed by atoms with van der Waals surface area (Å²) in [7, 11) is 0. The van der Waals surface area contributed by atoms with Gasteiger partial charge in [0.2, 0.25) is 0 Å². The van der Waals surface area contributed by atoms with Crippen LogP contribution in [0.25, 0.3) is 0 Å². The second-order valence-electron chi connectivity index (χ2n) is 1.36. The number of halogens is 2. The Bertz CT molecular complexity index is 28.5. The zero-order valence-electron chi connectivity index (χ0n) is 3.91. The van der Waals surface area contributed by atoms with Crippen LogP contribution in [0.4, 0.5) is 4.39 Å².